The molecule has 4 nitrogen and oxygen atoms in total. The fraction of sp³-hybridized carbons (Fsp3) is 0.286. The highest BCUT2D eigenvalue weighted by molar-refractivity contribution is 7.98. The Balaban J connectivity index is 1.90. The summed E-state index contributed by atoms with van der Waals surface area (Å²) in [5, 5.41) is 12.8. The van der Waals surface area contributed by atoms with Gasteiger partial charge in [0.15, 0.2) is 5.76 Å². The largest absolute Gasteiger partial charge is 0.481 e. The Bertz CT molecular complexity index is 539. The molecule has 0 saturated heterocycles. The monoisotopic (exact) mass is 277 g/mol. The van der Waals surface area contributed by atoms with Crippen molar-refractivity contribution in [2.45, 2.75) is 12.7 Å². The van der Waals surface area contributed by atoms with Gasteiger partial charge < -0.3 is 9.63 Å². The minimum absolute atomic E-state index is 0.342. The molecular formula is C14H15NO3S. The van der Waals surface area contributed by atoms with Crippen molar-refractivity contribution in [1.29, 1.82) is 0 Å². The van der Waals surface area contributed by atoms with Crippen LogP contribution in [0.2, 0.25) is 0 Å². The molecule has 0 aliphatic rings. The maximum atomic E-state index is 10.7. The third-order valence-corrected chi connectivity index (χ3v) is 3.89. The topological polar surface area (TPSA) is 63.3 Å². The van der Waals surface area contributed by atoms with Crippen molar-refractivity contribution in [2.24, 2.45) is 5.92 Å². The lowest BCUT2D eigenvalue weighted by atomic mass is 10.2. The highest BCUT2D eigenvalue weighted by atomic mass is 32.2. The van der Waals surface area contributed by atoms with E-state index in [0.29, 0.717) is 11.5 Å². The van der Waals surface area contributed by atoms with Gasteiger partial charge in [-0.05, 0) is 0 Å². The van der Waals surface area contributed by atoms with E-state index in [4.69, 9.17) is 9.63 Å². The molecule has 1 N–H and O–H groups in total. The highest BCUT2D eigenvalue weighted by Gasteiger charge is 2.12. The number of carboxylic acids is 1. The third kappa shape index (κ3) is 3.86. The Kier molecular flexibility index (Phi) is 4.63. The molecule has 2 rings (SSSR count). The molecule has 1 atom stereocenters. The molecule has 1 aromatic heterocycles. The van der Waals surface area contributed by atoms with Crippen molar-refractivity contribution in [3.63, 3.8) is 0 Å². The van der Waals surface area contributed by atoms with Gasteiger partial charge in [-0.2, -0.15) is 11.8 Å². The minimum Gasteiger partial charge on any atom is -0.481 e. The van der Waals surface area contributed by atoms with E-state index in [1.54, 1.807) is 18.7 Å². The fourth-order valence-electron chi connectivity index (χ4n) is 1.53. The first-order chi connectivity index (χ1) is 9.16. The second kappa shape index (κ2) is 6.43. The zero-order valence-electron chi connectivity index (χ0n) is 10.6. The van der Waals surface area contributed by atoms with Crippen LogP contribution in [-0.4, -0.2) is 22.0 Å². The number of nitrogens with zero attached hydrogens (tertiary/aromatic N) is 1. The number of rotatable bonds is 6. The number of hydrogen-bond acceptors (Lipinski definition) is 4. The van der Waals surface area contributed by atoms with Gasteiger partial charge in [-0.1, -0.05) is 42.4 Å². The van der Waals surface area contributed by atoms with Gasteiger partial charge in [-0.3, -0.25) is 4.79 Å². The predicted octanol–water partition coefficient (Wildman–Crippen LogP) is 3.30. The van der Waals surface area contributed by atoms with Gasteiger partial charge >= 0.3 is 5.97 Å². The smallest absolute Gasteiger partial charge is 0.307 e. The number of benzene rings is 1. The number of thioether (sulfide) groups is 1. The van der Waals surface area contributed by atoms with Crippen molar-refractivity contribution >= 4 is 17.7 Å². The molecule has 0 saturated carbocycles. The molecule has 0 spiro atoms. The molecular weight excluding hydrogens is 262 g/mol. The molecule has 1 aromatic carbocycles. The van der Waals surface area contributed by atoms with Crippen LogP contribution in [0.4, 0.5) is 0 Å². The van der Waals surface area contributed by atoms with E-state index in [1.165, 1.54) is 0 Å². The highest BCUT2D eigenvalue weighted by Crippen LogP contribution is 2.22. The van der Waals surface area contributed by atoms with E-state index < -0.39 is 5.97 Å². The molecule has 1 heterocycles. The molecule has 100 valence electrons. The lowest BCUT2D eigenvalue weighted by Gasteiger charge is -2.03. The zero-order chi connectivity index (χ0) is 13.7. The summed E-state index contributed by atoms with van der Waals surface area (Å²) in [5.41, 5.74) is 1.83. The van der Waals surface area contributed by atoms with E-state index in [2.05, 4.69) is 5.16 Å². The van der Waals surface area contributed by atoms with Gasteiger partial charge in [0.05, 0.1) is 11.6 Å². The summed E-state index contributed by atoms with van der Waals surface area (Å²) in [5.74, 6) is 0.863. The van der Waals surface area contributed by atoms with Crippen molar-refractivity contribution in [3.8, 4) is 11.3 Å². The van der Waals surface area contributed by atoms with Crippen molar-refractivity contribution in [1.82, 2.24) is 5.16 Å². The van der Waals surface area contributed by atoms with Crippen LogP contribution >= 0.6 is 11.8 Å². The first kappa shape index (κ1) is 13.7. The van der Waals surface area contributed by atoms with Crippen LogP contribution in [0, 0.1) is 5.92 Å². The molecule has 0 radical (unpaired) electrons. The van der Waals surface area contributed by atoms with E-state index >= 15 is 0 Å². The second-order valence-electron chi connectivity index (χ2n) is 4.30. The molecule has 0 aliphatic heterocycles. The van der Waals surface area contributed by atoms with Gasteiger partial charge in [0.25, 0.3) is 0 Å². The summed E-state index contributed by atoms with van der Waals surface area (Å²) >= 11 is 1.55. The van der Waals surface area contributed by atoms with E-state index in [0.717, 1.165) is 17.0 Å². The van der Waals surface area contributed by atoms with Crippen molar-refractivity contribution < 1.29 is 14.4 Å². The average Bonchev–Trinajstić information content (AvgIpc) is 2.88. The van der Waals surface area contributed by atoms with E-state index in [-0.39, 0.29) is 5.92 Å². The van der Waals surface area contributed by atoms with Crippen LogP contribution in [0.1, 0.15) is 12.6 Å². The number of aliphatic carboxylic acids is 1. The standard InChI is InChI=1S/C14H15NO3S/c1-10(14(16)17)8-19-9-12-7-13(18-15-12)11-5-3-2-4-6-11/h2-7,10H,8-9H2,1H3,(H,16,17). The lowest BCUT2D eigenvalue weighted by Crippen LogP contribution is -2.11. The first-order valence-corrected chi connectivity index (χ1v) is 7.14. The Hall–Kier alpha value is -1.75. The van der Waals surface area contributed by atoms with Crippen LogP contribution in [0.5, 0.6) is 0 Å². The predicted molar refractivity (Wildman–Crippen MR) is 74.9 cm³/mol. The Morgan fingerprint density at radius 1 is 1.42 bits per heavy atom. The van der Waals surface area contributed by atoms with Crippen molar-refractivity contribution in [3.05, 3.63) is 42.1 Å². The zero-order valence-corrected chi connectivity index (χ0v) is 11.4. The van der Waals surface area contributed by atoms with Gasteiger partial charge in [0.1, 0.15) is 0 Å². The second-order valence-corrected chi connectivity index (χ2v) is 5.33. The van der Waals surface area contributed by atoms with Crippen LogP contribution in [0.3, 0.4) is 0 Å². The molecule has 0 amide bonds. The molecule has 0 aliphatic carbocycles. The summed E-state index contributed by atoms with van der Waals surface area (Å²) in [4.78, 5) is 10.7. The summed E-state index contributed by atoms with van der Waals surface area (Å²) in [6.07, 6.45) is 0. The minimum atomic E-state index is -0.766. The maximum Gasteiger partial charge on any atom is 0.307 e. The summed E-state index contributed by atoms with van der Waals surface area (Å²) < 4.78 is 5.28. The Morgan fingerprint density at radius 2 is 2.16 bits per heavy atom. The summed E-state index contributed by atoms with van der Waals surface area (Å²) in [6, 6.07) is 11.7. The SMILES string of the molecule is CC(CSCc1cc(-c2ccccc2)on1)C(=O)O. The quantitative estimate of drug-likeness (QED) is 0.877. The van der Waals surface area contributed by atoms with Gasteiger partial charge in [0.2, 0.25) is 0 Å². The molecule has 2 aromatic rings. The Labute approximate surface area is 115 Å². The van der Waals surface area contributed by atoms with Gasteiger partial charge in [-0.25, -0.2) is 0 Å². The van der Waals surface area contributed by atoms with Crippen LogP contribution in [0.25, 0.3) is 11.3 Å². The summed E-state index contributed by atoms with van der Waals surface area (Å²) in [6.45, 7) is 1.70. The number of aromatic nitrogens is 1. The van der Waals surface area contributed by atoms with E-state index in [9.17, 15) is 4.79 Å². The molecule has 1 unspecified atom stereocenters. The first-order valence-electron chi connectivity index (χ1n) is 5.98. The van der Waals surface area contributed by atoms with Crippen LogP contribution < -0.4 is 0 Å². The number of carboxylic acid groups (broad SMARTS) is 1. The normalized spacial score (nSPS) is 12.3. The number of carbonyl (C=O) groups is 1. The molecule has 5 heteroatoms. The third-order valence-electron chi connectivity index (χ3n) is 2.66. The Morgan fingerprint density at radius 3 is 2.84 bits per heavy atom. The van der Waals surface area contributed by atoms with Gasteiger partial charge in [0, 0.05) is 23.1 Å². The summed E-state index contributed by atoms with van der Waals surface area (Å²) in [7, 11) is 0. The molecule has 0 bridgehead atoms. The van der Waals surface area contributed by atoms with Gasteiger partial charge in [-0.15, -0.1) is 0 Å². The van der Waals surface area contributed by atoms with Crippen LogP contribution in [-0.2, 0) is 10.5 Å². The lowest BCUT2D eigenvalue weighted by molar-refractivity contribution is -0.140. The number of hydrogen-bond donors (Lipinski definition) is 1. The molecule has 0 fully saturated rings. The van der Waals surface area contributed by atoms with Crippen LogP contribution in [0.15, 0.2) is 40.9 Å². The average molecular weight is 277 g/mol. The fourth-order valence-corrected chi connectivity index (χ4v) is 2.49. The van der Waals surface area contributed by atoms with Crippen molar-refractivity contribution in [2.75, 3.05) is 5.75 Å². The van der Waals surface area contributed by atoms with E-state index in [1.807, 2.05) is 36.4 Å². The maximum absolute atomic E-state index is 10.7. The molecule has 19 heavy (non-hydrogen) atoms.